The summed E-state index contributed by atoms with van der Waals surface area (Å²) in [5, 5.41) is 11.2. The number of allylic oxidation sites excluding steroid dienone is 2. The van der Waals surface area contributed by atoms with Gasteiger partial charge >= 0.3 is 5.97 Å². The molecule has 0 aliphatic carbocycles. The Morgan fingerprint density at radius 1 is 1.40 bits per heavy atom. The molecule has 0 heterocycles. The summed E-state index contributed by atoms with van der Waals surface area (Å²) < 4.78 is 14.2. The topological polar surface area (TPSA) is 66.4 Å². The summed E-state index contributed by atoms with van der Waals surface area (Å²) in [6.07, 6.45) is 3.24. The zero-order valence-electron chi connectivity index (χ0n) is 10.9. The first-order chi connectivity index (χ1) is 9.35. The van der Waals surface area contributed by atoms with Crippen LogP contribution in [0.5, 0.6) is 0 Å². The van der Waals surface area contributed by atoms with Gasteiger partial charge in [-0.15, -0.1) is 0 Å². The lowest BCUT2D eigenvalue weighted by Crippen LogP contribution is -2.14. The number of carbonyl (C=O) groups is 2. The Morgan fingerprint density at radius 2 is 2.05 bits per heavy atom. The van der Waals surface area contributed by atoms with Gasteiger partial charge < -0.3 is 10.4 Å². The van der Waals surface area contributed by atoms with Crippen molar-refractivity contribution in [3.8, 4) is 0 Å². The van der Waals surface area contributed by atoms with E-state index in [1.54, 1.807) is 26.0 Å². The third-order valence-electron chi connectivity index (χ3n) is 2.38. The van der Waals surface area contributed by atoms with Gasteiger partial charge in [-0.05, 0) is 42.6 Å². The van der Waals surface area contributed by atoms with E-state index >= 15 is 0 Å². The molecule has 0 radical (unpaired) electrons. The first kappa shape index (κ1) is 16.1. The molecule has 0 bridgehead atoms. The second kappa shape index (κ2) is 7.00. The fourth-order valence-electron chi connectivity index (χ4n) is 1.46. The van der Waals surface area contributed by atoms with Crippen molar-refractivity contribution in [3.63, 3.8) is 0 Å². The molecular weight excluding hydrogens is 329 g/mol. The van der Waals surface area contributed by atoms with Gasteiger partial charge in [0.05, 0.1) is 5.56 Å². The average Bonchev–Trinajstić information content (AvgIpc) is 2.35. The van der Waals surface area contributed by atoms with Crippen LogP contribution in [0.25, 0.3) is 0 Å². The van der Waals surface area contributed by atoms with Crippen LogP contribution in [0.1, 0.15) is 24.2 Å². The molecule has 2 N–H and O–H groups in total. The minimum absolute atomic E-state index is 0.192. The van der Waals surface area contributed by atoms with Gasteiger partial charge in [-0.3, -0.25) is 4.79 Å². The summed E-state index contributed by atoms with van der Waals surface area (Å²) in [4.78, 5) is 22.6. The summed E-state index contributed by atoms with van der Waals surface area (Å²) in [6.45, 7) is 3.48. The van der Waals surface area contributed by atoms with Gasteiger partial charge in [0.1, 0.15) is 5.82 Å². The molecule has 4 nitrogen and oxygen atoms in total. The van der Waals surface area contributed by atoms with Gasteiger partial charge in [-0.1, -0.05) is 22.0 Å². The quantitative estimate of drug-likeness (QED) is 0.648. The molecule has 1 aromatic carbocycles. The van der Waals surface area contributed by atoms with Gasteiger partial charge in [0.15, 0.2) is 0 Å². The Labute approximate surface area is 124 Å². The summed E-state index contributed by atoms with van der Waals surface area (Å²) in [5.41, 5.74) is 0.157. The highest BCUT2D eigenvalue weighted by atomic mass is 79.9. The van der Waals surface area contributed by atoms with Crippen molar-refractivity contribution in [2.75, 3.05) is 5.32 Å². The first-order valence-electron chi connectivity index (χ1n) is 5.69. The molecule has 0 spiro atoms. The maximum atomic E-state index is 13.5. The van der Waals surface area contributed by atoms with Crippen LogP contribution in [0, 0.1) is 5.82 Å². The monoisotopic (exact) mass is 341 g/mol. The average molecular weight is 342 g/mol. The molecule has 0 unspecified atom stereocenters. The lowest BCUT2D eigenvalue weighted by molar-refractivity contribution is -0.112. The van der Waals surface area contributed by atoms with Gasteiger partial charge in [-0.25, -0.2) is 9.18 Å². The molecule has 106 valence electrons. The smallest absolute Gasteiger partial charge is 0.338 e. The molecule has 0 aromatic heterocycles. The van der Waals surface area contributed by atoms with Crippen molar-refractivity contribution in [2.24, 2.45) is 0 Å². The summed E-state index contributed by atoms with van der Waals surface area (Å²) in [6, 6.07) is 3.41. The van der Waals surface area contributed by atoms with Crippen LogP contribution in [0.4, 0.5) is 10.1 Å². The Balaban J connectivity index is 2.94. The van der Waals surface area contributed by atoms with Gasteiger partial charge in [0, 0.05) is 11.3 Å². The van der Waals surface area contributed by atoms with E-state index in [1.807, 2.05) is 0 Å². The van der Waals surface area contributed by atoms with E-state index in [0.29, 0.717) is 5.57 Å². The fraction of sp³-hybridized carbons (Fsp3) is 0.143. The zero-order chi connectivity index (χ0) is 15.3. The van der Waals surface area contributed by atoms with Crippen molar-refractivity contribution in [3.05, 3.63) is 51.8 Å². The molecule has 0 fully saturated rings. The molecule has 0 aliphatic rings. The van der Waals surface area contributed by atoms with Crippen LogP contribution < -0.4 is 5.32 Å². The summed E-state index contributed by atoms with van der Waals surface area (Å²) >= 11 is 3.22. The highest BCUT2D eigenvalue weighted by Crippen LogP contribution is 2.16. The van der Waals surface area contributed by atoms with Gasteiger partial charge in [-0.2, -0.15) is 0 Å². The zero-order valence-corrected chi connectivity index (χ0v) is 12.5. The molecule has 6 heteroatoms. The molecule has 1 amide bonds. The van der Waals surface area contributed by atoms with Gasteiger partial charge in [0.25, 0.3) is 5.91 Å². The number of carboxylic acids is 1. The Kier molecular flexibility index (Phi) is 5.64. The number of hydrogen-bond acceptors (Lipinski definition) is 2. The first-order valence-corrected chi connectivity index (χ1v) is 6.48. The number of anilines is 1. The number of nitrogens with one attached hydrogen (secondary N) is 1. The van der Waals surface area contributed by atoms with Crippen molar-refractivity contribution in [1.29, 1.82) is 0 Å². The number of carbonyl (C=O) groups excluding carboxylic acids is 1. The van der Waals surface area contributed by atoms with Gasteiger partial charge in [0.2, 0.25) is 0 Å². The van der Waals surface area contributed by atoms with Crippen LogP contribution in [-0.4, -0.2) is 17.0 Å². The third-order valence-corrected chi connectivity index (χ3v) is 2.61. The lowest BCUT2D eigenvalue weighted by Gasteiger charge is -2.07. The number of amides is 1. The number of rotatable bonds is 4. The van der Waals surface area contributed by atoms with Crippen LogP contribution in [-0.2, 0) is 4.79 Å². The Morgan fingerprint density at radius 3 is 2.50 bits per heavy atom. The largest absolute Gasteiger partial charge is 0.478 e. The normalized spacial score (nSPS) is 12.2. The molecule has 1 rings (SSSR count). The van der Waals surface area contributed by atoms with E-state index in [2.05, 4.69) is 21.2 Å². The maximum Gasteiger partial charge on any atom is 0.338 e. The van der Waals surface area contributed by atoms with E-state index in [9.17, 15) is 14.0 Å². The van der Waals surface area contributed by atoms with Crippen molar-refractivity contribution in [2.45, 2.75) is 13.8 Å². The standard InChI is InChI=1S/C14H13BrFNO3/c1-3-9(6-8(2)15)13(18)17-10-4-5-11(14(19)20)12(16)7-10/h3-7H,1-2H3,(H,17,18)(H,19,20)/b8-6+,9-3+. The SMILES string of the molecule is C/C=C(\C=C(/C)Br)C(=O)Nc1ccc(C(=O)O)c(F)c1. The molecule has 1 aromatic rings. The van der Waals surface area contributed by atoms with Crippen molar-refractivity contribution in [1.82, 2.24) is 0 Å². The minimum atomic E-state index is -1.35. The number of hydrogen-bond donors (Lipinski definition) is 2. The summed E-state index contributed by atoms with van der Waals surface area (Å²) in [7, 11) is 0. The van der Waals surface area contributed by atoms with Crippen LogP contribution in [0.3, 0.4) is 0 Å². The number of benzene rings is 1. The fourth-order valence-corrected chi connectivity index (χ4v) is 1.71. The number of aromatic carboxylic acids is 1. The maximum absolute atomic E-state index is 13.5. The molecular formula is C14H13BrFNO3. The lowest BCUT2D eigenvalue weighted by atomic mass is 10.1. The van der Waals surface area contributed by atoms with E-state index in [4.69, 9.17) is 5.11 Å². The predicted molar refractivity (Wildman–Crippen MR) is 78.4 cm³/mol. The van der Waals surface area contributed by atoms with Crippen molar-refractivity contribution < 1.29 is 19.1 Å². The Bertz CT molecular complexity index is 604. The third kappa shape index (κ3) is 4.31. The van der Waals surface area contributed by atoms with E-state index in [0.717, 1.165) is 16.6 Å². The molecule has 0 saturated carbocycles. The minimum Gasteiger partial charge on any atom is -0.478 e. The second-order valence-electron chi connectivity index (χ2n) is 3.93. The highest BCUT2D eigenvalue weighted by molar-refractivity contribution is 9.11. The number of halogens is 2. The molecule has 0 atom stereocenters. The molecule has 0 saturated heterocycles. The van der Waals surface area contributed by atoms with Crippen LogP contribution in [0.15, 0.2) is 40.4 Å². The van der Waals surface area contributed by atoms with Crippen LogP contribution >= 0.6 is 15.9 Å². The Hall–Kier alpha value is -1.95. The molecule has 0 aliphatic heterocycles. The van der Waals surface area contributed by atoms with E-state index < -0.39 is 23.3 Å². The van der Waals surface area contributed by atoms with Crippen molar-refractivity contribution >= 4 is 33.5 Å². The van der Waals surface area contributed by atoms with E-state index in [1.165, 1.54) is 6.07 Å². The predicted octanol–water partition coefficient (Wildman–Crippen LogP) is 3.71. The summed E-state index contributed by atoms with van der Waals surface area (Å²) in [5.74, 6) is -2.66. The number of carboxylic acid groups (broad SMARTS) is 1. The highest BCUT2D eigenvalue weighted by Gasteiger charge is 2.12. The molecule has 20 heavy (non-hydrogen) atoms. The van der Waals surface area contributed by atoms with E-state index in [-0.39, 0.29) is 5.69 Å². The van der Waals surface area contributed by atoms with Crippen LogP contribution in [0.2, 0.25) is 0 Å². The second-order valence-corrected chi connectivity index (χ2v) is 5.18.